The average Bonchev–Trinajstić information content (AvgIpc) is 2.96. The van der Waals surface area contributed by atoms with Gasteiger partial charge in [0.05, 0.1) is 32.8 Å². The average molecular weight is 747 g/mol. The number of carbonyl (C=O) groups excluding carboxylic acids is 5. The number of phenols is 1. The van der Waals surface area contributed by atoms with Gasteiger partial charge in [-0.2, -0.15) is 0 Å². The van der Waals surface area contributed by atoms with Crippen LogP contribution in [-0.4, -0.2) is 60.2 Å². The second-order valence-electron chi connectivity index (χ2n) is 8.59. The summed E-state index contributed by atoms with van der Waals surface area (Å²) in [5.41, 5.74) is 2.01. The monoisotopic (exact) mass is 747 g/mol. The van der Waals surface area contributed by atoms with E-state index in [9.17, 15) is 29.1 Å². The molecule has 0 aromatic heterocycles. The maximum Gasteiger partial charge on any atom is 0.243 e. The van der Waals surface area contributed by atoms with Crippen LogP contribution < -0.4 is 26.6 Å². The highest BCUT2D eigenvalue weighted by atomic mass is 127. The Bertz CT molecular complexity index is 1180. The standard InChI is InChI=1S/C25H27I2N5O6/c26-18-9-14(10-19(27)24(18)37)1-7-22(35)31-15-2-4-16(5-3-15)32-23(36)13-30-25(38)20-6-8-21(34)29-12-17(33)11-28-20/h2-5,9-10,20,28,37H,1,6-8,11-13H2,(H,29,34)(H,30,38)(H,31,35)(H,32,36). The number of ketones is 1. The Kier molecular flexibility index (Phi) is 11.3. The maximum absolute atomic E-state index is 12.4. The van der Waals surface area contributed by atoms with Crippen molar-refractivity contribution in [1.82, 2.24) is 16.0 Å². The zero-order chi connectivity index (χ0) is 27.7. The van der Waals surface area contributed by atoms with Crippen LogP contribution in [0.25, 0.3) is 0 Å². The molecule has 38 heavy (non-hydrogen) atoms. The first-order valence-corrected chi connectivity index (χ1v) is 13.9. The SMILES string of the molecule is O=C1CNC(=O)CCC(C(=O)NCC(=O)Nc2ccc(NC(=O)CCc3cc(I)c(O)c(I)c3)cc2)NC1. The van der Waals surface area contributed by atoms with E-state index in [0.29, 0.717) is 17.8 Å². The number of benzene rings is 2. The van der Waals surface area contributed by atoms with E-state index >= 15 is 0 Å². The van der Waals surface area contributed by atoms with Gasteiger partial charge in [-0.15, -0.1) is 0 Å². The Morgan fingerprint density at radius 1 is 0.947 bits per heavy atom. The smallest absolute Gasteiger partial charge is 0.243 e. The molecule has 0 spiro atoms. The molecule has 1 aliphatic rings. The minimum absolute atomic E-state index is 0.0526. The summed E-state index contributed by atoms with van der Waals surface area (Å²) < 4.78 is 1.47. The van der Waals surface area contributed by atoms with E-state index in [2.05, 4.69) is 71.8 Å². The predicted octanol–water partition coefficient (Wildman–Crippen LogP) is 1.66. The van der Waals surface area contributed by atoms with Crippen molar-refractivity contribution in [1.29, 1.82) is 0 Å². The third-order valence-electron chi connectivity index (χ3n) is 5.60. The Morgan fingerprint density at radius 3 is 2.18 bits per heavy atom. The molecular formula is C25H27I2N5O6. The number of hydrogen-bond acceptors (Lipinski definition) is 7. The van der Waals surface area contributed by atoms with E-state index in [1.54, 1.807) is 24.3 Å². The van der Waals surface area contributed by atoms with Crippen molar-refractivity contribution >= 4 is 86.0 Å². The second kappa shape index (κ2) is 14.4. The lowest BCUT2D eigenvalue weighted by molar-refractivity contribution is -0.126. The first kappa shape index (κ1) is 29.8. The molecule has 0 aliphatic carbocycles. The Labute approximate surface area is 246 Å². The van der Waals surface area contributed by atoms with E-state index in [0.717, 1.165) is 12.7 Å². The third-order valence-corrected chi connectivity index (χ3v) is 7.24. The molecule has 0 radical (unpaired) electrons. The van der Waals surface area contributed by atoms with Gasteiger partial charge in [-0.25, -0.2) is 0 Å². The number of rotatable bonds is 8. The van der Waals surface area contributed by atoms with Gasteiger partial charge >= 0.3 is 0 Å². The first-order chi connectivity index (χ1) is 18.1. The van der Waals surface area contributed by atoms with Crippen LogP contribution in [0.15, 0.2) is 36.4 Å². The quantitative estimate of drug-likeness (QED) is 0.224. The van der Waals surface area contributed by atoms with Crippen molar-refractivity contribution < 1.29 is 29.1 Å². The highest BCUT2D eigenvalue weighted by Gasteiger charge is 2.22. The molecular weight excluding hydrogens is 720 g/mol. The number of Topliss-reactive ketones (excluding diaryl/α,β-unsaturated/α-hetero) is 1. The molecule has 6 N–H and O–H groups in total. The Morgan fingerprint density at radius 2 is 1.55 bits per heavy atom. The lowest BCUT2D eigenvalue weighted by Crippen LogP contribution is -2.47. The largest absolute Gasteiger partial charge is 0.506 e. The topological polar surface area (TPSA) is 166 Å². The molecule has 0 bridgehead atoms. The molecule has 1 heterocycles. The maximum atomic E-state index is 12.4. The fourth-order valence-electron chi connectivity index (χ4n) is 3.56. The summed E-state index contributed by atoms with van der Waals surface area (Å²) >= 11 is 4.11. The van der Waals surface area contributed by atoms with Gasteiger partial charge in [0.1, 0.15) is 5.75 Å². The lowest BCUT2D eigenvalue weighted by Gasteiger charge is -2.16. The minimum atomic E-state index is -0.764. The molecule has 13 heteroatoms. The van der Waals surface area contributed by atoms with Gasteiger partial charge in [-0.1, -0.05) is 0 Å². The van der Waals surface area contributed by atoms with Crippen LogP contribution in [0.1, 0.15) is 24.8 Å². The summed E-state index contributed by atoms with van der Waals surface area (Å²) in [5.74, 6) is -1.40. The van der Waals surface area contributed by atoms with Gasteiger partial charge in [0.2, 0.25) is 23.6 Å². The summed E-state index contributed by atoms with van der Waals surface area (Å²) in [7, 11) is 0. The number of halogens is 2. The number of hydrogen-bond donors (Lipinski definition) is 6. The van der Waals surface area contributed by atoms with E-state index in [1.807, 2.05) is 12.1 Å². The van der Waals surface area contributed by atoms with Gasteiger partial charge < -0.3 is 26.4 Å². The van der Waals surface area contributed by atoms with Crippen molar-refractivity contribution in [3.8, 4) is 5.75 Å². The van der Waals surface area contributed by atoms with Crippen LogP contribution in [0.3, 0.4) is 0 Å². The normalized spacial score (nSPS) is 15.9. The van der Waals surface area contributed by atoms with Crippen molar-refractivity contribution in [3.63, 3.8) is 0 Å². The van der Waals surface area contributed by atoms with Crippen LogP contribution in [0.4, 0.5) is 11.4 Å². The molecule has 1 fully saturated rings. The highest BCUT2D eigenvalue weighted by Crippen LogP contribution is 2.28. The molecule has 2 aromatic rings. The number of anilines is 2. The number of phenolic OH excluding ortho intramolecular Hbond substituents is 1. The summed E-state index contributed by atoms with van der Waals surface area (Å²) in [6.45, 7) is -0.419. The van der Waals surface area contributed by atoms with Crippen LogP contribution in [-0.2, 0) is 30.4 Å². The fourth-order valence-corrected chi connectivity index (χ4v) is 5.46. The molecule has 1 atom stereocenters. The van der Waals surface area contributed by atoms with Crippen LogP contribution in [0.5, 0.6) is 5.75 Å². The third kappa shape index (κ3) is 9.50. The number of amides is 4. The van der Waals surface area contributed by atoms with Crippen LogP contribution in [0.2, 0.25) is 0 Å². The van der Waals surface area contributed by atoms with Gasteiger partial charge in [-0.05, 0) is 100.0 Å². The molecule has 2 aromatic carbocycles. The highest BCUT2D eigenvalue weighted by molar-refractivity contribution is 14.1. The second-order valence-corrected chi connectivity index (χ2v) is 10.9. The molecule has 202 valence electrons. The summed E-state index contributed by atoms with van der Waals surface area (Å²) in [4.78, 5) is 60.4. The summed E-state index contributed by atoms with van der Waals surface area (Å²) in [6.07, 6.45) is 1.08. The summed E-state index contributed by atoms with van der Waals surface area (Å²) in [6, 6.07) is 9.50. The van der Waals surface area contributed by atoms with Crippen molar-refractivity contribution in [2.75, 3.05) is 30.3 Å². The molecule has 0 saturated carbocycles. The molecule has 1 unspecified atom stereocenters. The Hall–Kier alpha value is -2.79. The molecule has 1 aliphatic heterocycles. The molecule has 4 amide bonds. The van der Waals surface area contributed by atoms with Crippen LogP contribution >= 0.6 is 45.2 Å². The van der Waals surface area contributed by atoms with Crippen molar-refractivity contribution in [2.45, 2.75) is 31.7 Å². The van der Waals surface area contributed by atoms with Crippen LogP contribution in [0, 0.1) is 7.14 Å². The fraction of sp³-hybridized carbons (Fsp3) is 0.320. The van der Waals surface area contributed by atoms with Crippen molar-refractivity contribution in [2.24, 2.45) is 0 Å². The number of nitrogens with one attached hydrogen (secondary N) is 5. The zero-order valence-corrected chi connectivity index (χ0v) is 24.6. The van der Waals surface area contributed by atoms with E-state index in [1.165, 1.54) is 0 Å². The number of aryl methyl sites for hydroxylation is 1. The van der Waals surface area contributed by atoms with E-state index in [4.69, 9.17) is 0 Å². The van der Waals surface area contributed by atoms with Crippen molar-refractivity contribution in [3.05, 3.63) is 49.1 Å². The molecule has 11 nitrogen and oxygen atoms in total. The lowest BCUT2D eigenvalue weighted by atomic mass is 10.1. The van der Waals surface area contributed by atoms with E-state index < -0.39 is 17.9 Å². The zero-order valence-electron chi connectivity index (χ0n) is 20.2. The molecule has 3 rings (SSSR count). The van der Waals surface area contributed by atoms with Gasteiger partial charge in [0.15, 0.2) is 5.78 Å². The summed E-state index contributed by atoms with van der Waals surface area (Å²) in [5, 5.41) is 23.2. The minimum Gasteiger partial charge on any atom is -0.506 e. The van der Waals surface area contributed by atoms with Gasteiger partial charge in [-0.3, -0.25) is 29.3 Å². The van der Waals surface area contributed by atoms with E-state index in [-0.39, 0.29) is 62.2 Å². The molecule has 1 saturated heterocycles. The predicted molar refractivity (Wildman–Crippen MR) is 158 cm³/mol. The Balaban J connectivity index is 1.42. The van der Waals surface area contributed by atoms with Gasteiger partial charge in [0.25, 0.3) is 0 Å². The first-order valence-electron chi connectivity index (χ1n) is 11.8. The van der Waals surface area contributed by atoms with Gasteiger partial charge in [0, 0.05) is 24.2 Å². The number of carbonyl (C=O) groups is 5. The number of aromatic hydroxyl groups is 1.